The topological polar surface area (TPSA) is 128 Å². The summed E-state index contributed by atoms with van der Waals surface area (Å²) in [4.78, 5) is 24.1. The molecule has 0 saturated heterocycles. The van der Waals surface area contributed by atoms with Gasteiger partial charge in [-0.15, -0.1) is 11.3 Å². The number of amides is 1. The predicted molar refractivity (Wildman–Crippen MR) is 197 cm³/mol. The highest BCUT2D eigenvalue weighted by Gasteiger charge is 2.32. The fourth-order valence-corrected chi connectivity index (χ4v) is 7.38. The third kappa shape index (κ3) is 7.49. The van der Waals surface area contributed by atoms with Gasteiger partial charge in [-0.3, -0.25) is 19.5 Å². The number of carbonyl (C=O) groups is 1. The van der Waals surface area contributed by atoms with Crippen LogP contribution in [0, 0.1) is 11.6 Å². The average molecular weight is 715 g/mol. The quantitative estimate of drug-likeness (QED) is 0.104. The van der Waals surface area contributed by atoms with Crippen LogP contribution in [0.2, 0.25) is 0 Å². The standard InChI is InChI=1S/C38H40F2N6O4S/c1-4-34(48)46-13-12-42-31(23(46)2)21-29(41)26-9-17-50-33-20-25(39)19-28(40)35(33)36-37(26)44-30(27-11-18-51-38(27)36)8-7-24-22-43-45(3)32(24)10-16-49-15-6-5-14-47/h4,7-8,10-11,16,18-23,26,47H,1,5-6,9,12-15,17,41H2,2-3H3/b8-7+,16-10+,29-21-. The molecule has 1 aromatic carbocycles. The Hall–Kier alpha value is -5.14. The number of aryl methyl sites for hydroxylation is 1. The number of nitrogens with two attached hydrogens (primary N) is 1. The van der Waals surface area contributed by atoms with Crippen LogP contribution < -0.4 is 10.5 Å². The molecule has 13 heteroatoms. The minimum atomic E-state index is -0.761. The van der Waals surface area contributed by atoms with Gasteiger partial charge in [0.25, 0.3) is 0 Å². The van der Waals surface area contributed by atoms with Crippen LogP contribution in [0.1, 0.15) is 54.7 Å². The first-order valence-corrected chi connectivity index (χ1v) is 17.7. The summed E-state index contributed by atoms with van der Waals surface area (Å²) in [5.74, 6) is -2.12. The van der Waals surface area contributed by atoms with Gasteiger partial charge in [0, 0.05) is 65.2 Å². The Morgan fingerprint density at radius 3 is 2.88 bits per heavy atom. The van der Waals surface area contributed by atoms with E-state index in [1.54, 1.807) is 28.1 Å². The van der Waals surface area contributed by atoms with Gasteiger partial charge in [0.2, 0.25) is 5.91 Å². The number of ether oxygens (including phenoxy) is 2. The van der Waals surface area contributed by atoms with Crippen LogP contribution in [0.4, 0.5) is 8.78 Å². The van der Waals surface area contributed by atoms with E-state index in [4.69, 9.17) is 25.3 Å². The number of rotatable bonds is 11. The van der Waals surface area contributed by atoms with Gasteiger partial charge in [-0.25, -0.2) is 8.78 Å². The molecule has 6 rings (SSSR count). The molecule has 2 aliphatic heterocycles. The minimum Gasteiger partial charge on any atom is -0.501 e. The summed E-state index contributed by atoms with van der Waals surface area (Å²) in [7, 11) is 1.84. The number of hydrogen-bond donors (Lipinski definition) is 2. The molecule has 1 amide bonds. The van der Waals surface area contributed by atoms with Crippen molar-refractivity contribution in [2.45, 2.75) is 38.1 Å². The minimum absolute atomic E-state index is 0.101. The second kappa shape index (κ2) is 15.8. The van der Waals surface area contributed by atoms with Crippen molar-refractivity contribution in [2.24, 2.45) is 17.8 Å². The third-order valence-corrected chi connectivity index (χ3v) is 9.99. The Labute approximate surface area is 298 Å². The Balaban J connectivity index is 1.46. The molecule has 3 N–H and O–H groups in total. The fraction of sp³-hybridized carbons (Fsp3) is 0.316. The number of benzene rings is 1. The first-order valence-electron chi connectivity index (χ1n) is 16.8. The molecule has 5 heterocycles. The molecule has 266 valence electrons. The number of unbranched alkanes of at least 4 members (excludes halogenated alkanes) is 1. The zero-order valence-corrected chi connectivity index (χ0v) is 29.3. The highest BCUT2D eigenvalue weighted by atomic mass is 32.1. The average Bonchev–Trinajstić information content (AvgIpc) is 3.73. The van der Waals surface area contributed by atoms with Gasteiger partial charge in [0.05, 0.1) is 66.6 Å². The summed E-state index contributed by atoms with van der Waals surface area (Å²) in [5.41, 5.74) is 11.4. The fourth-order valence-electron chi connectivity index (χ4n) is 6.41. The summed E-state index contributed by atoms with van der Waals surface area (Å²) in [5, 5.41) is 16.1. The van der Waals surface area contributed by atoms with E-state index in [0.717, 1.165) is 33.8 Å². The monoisotopic (exact) mass is 714 g/mol. The molecule has 4 aromatic rings. The SMILES string of the molecule is C=CC(=O)N1CCN=C(/C=C(\N)C2CCOc3cc(F)cc(F)c3-c3c2nc(/C=C/c2cnn(C)c2/C=C/OCCCCO)c2ccsc32)C1C. The maximum Gasteiger partial charge on any atom is 0.246 e. The molecule has 3 aromatic heterocycles. The van der Waals surface area contributed by atoms with Crippen LogP contribution in [-0.4, -0.2) is 75.3 Å². The van der Waals surface area contributed by atoms with E-state index in [2.05, 4.69) is 16.7 Å². The Bertz CT molecular complexity index is 2070. The summed E-state index contributed by atoms with van der Waals surface area (Å²) < 4.78 is 44.5. The Morgan fingerprint density at radius 2 is 2.08 bits per heavy atom. The number of aliphatic hydroxyl groups excluding tert-OH is 1. The first-order chi connectivity index (χ1) is 24.7. The van der Waals surface area contributed by atoms with Gasteiger partial charge in [-0.05, 0) is 68.0 Å². The Kier molecular flexibility index (Phi) is 11.1. The van der Waals surface area contributed by atoms with Crippen molar-refractivity contribution < 1.29 is 28.2 Å². The zero-order chi connectivity index (χ0) is 36.1. The summed E-state index contributed by atoms with van der Waals surface area (Å²) in [6.07, 6.45) is 13.9. The number of aliphatic hydroxyl groups is 1. The molecular formula is C38H40F2N6O4S. The highest BCUT2D eigenvalue weighted by molar-refractivity contribution is 7.17. The van der Waals surface area contributed by atoms with Crippen LogP contribution in [0.3, 0.4) is 0 Å². The van der Waals surface area contributed by atoms with Gasteiger partial charge in [0.15, 0.2) is 0 Å². The molecule has 10 nitrogen and oxygen atoms in total. The van der Waals surface area contributed by atoms with E-state index in [1.165, 1.54) is 23.5 Å². The smallest absolute Gasteiger partial charge is 0.246 e. The molecule has 0 aliphatic carbocycles. The lowest BCUT2D eigenvalue weighted by molar-refractivity contribution is -0.126. The molecule has 51 heavy (non-hydrogen) atoms. The number of nitrogens with zero attached hydrogens (tertiary/aromatic N) is 5. The molecule has 0 fully saturated rings. The molecule has 0 radical (unpaired) electrons. The van der Waals surface area contributed by atoms with E-state index in [0.29, 0.717) is 60.9 Å². The molecule has 2 atom stereocenters. The first kappa shape index (κ1) is 35.7. The van der Waals surface area contributed by atoms with Crippen molar-refractivity contribution in [3.05, 3.63) is 94.7 Å². The maximum absolute atomic E-state index is 15.9. The van der Waals surface area contributed by atoms with Crippen LogP contribution in [0.25, 0.3) is 39.4 Å². The van der Waals surface area contributed by atoms with Gasteiger partial charge in [-0.2, -0.15) is 5.10 Å². The predicted octanol–water partition coefficient (Wildman–Crippen LogP) is 6.47. The largest absolute Gasteiger partial charge is 0.501 e. The van der Waals surface area contributed by atoms with Crippen molar-refractivity contribution in [2.75, 3.05) is 32.9 Å². The number of fused-ring (bicyclic) bond motifs is 5. The van der Waals surface area contributed by atoms with Gasteiger partial charge in [0.1, 0.15) is 17.4 Å². The van der Waals surface area contributed by atoms with Crippen LogP contribution >= 0.6 is 11.3 Å². The summed E-state index contributed by atoms with van der Waals surface area (Å²) >= 11 is 1.43. The van der Waals surface area contributed by atoms with Gasteiger partial charge in [-0.1, -0.05) is 6.58 Å². The molecule has 0 bridgehead atoms. The van der Waals surface area contributed by atoms with Gasteiger partial charge >= 0.3 is 0 Å². The maximum atomic E-state index is 15.9. The number of pyridine rings is 1. The number of hydrogen-bond acceptors (Lipinski definition) is 9. The molecular weight excluding hydrogens is 675 g/mol. The summed E-state index contributed by atoms with van der Waals surface area (Å²) in [6.45, 7) is 7.15. The van der Waals surface area contributed by atoms with Crippen molar-refractivity contribution in [3.8, 4) is 16.9 Å². The number of allylic oxidation sites excluding steroid dienone is 1. The zero-order valence-electron chi connectivity index (χ0n) is 28.5. The Morgan fingerprint density at radius 1 is 1.24 bits per heavy atom. The van der Waals surface area contributed by atoms with Crippen LogP contribution in [0.15, 0.2) is 65.5 Å². The summed E-state index contributed by atoms with van der Waals surface area (Å²) in [6, 6.07) is 3.64. The number of halogens is 2. The number of aromatic nitrogens is 3. The van der Waals surface area contributed by atoms with Crippen molar-refractivity contribution in [3.63, 3.8) is 0 Å². The van der Waals surface area contributed by atoms with Gasteiger partial charge < -0.3 is 25.2 Å². The number of aliphatic imine (C=N–C) groups is 1. The van der Waals surface area contributed by atoms with E-state index >= 15 is 4.39 Å². The molecule has 0 spiro atoms. The molecule has 2 aliphatic rings. The lowest BCUT2D eigenvalue weighted by Gasteiger charge is -2.32. The molecule has 0 saturated carbocycles. The molecule has 2 unspecified atom stereocenters. The second-order valence-electron chi connectivity index (χ2n) is 12.3. The van der Waals surface area contributed by atoms with Crippen molar-refractivity contribution in [1.82, 2.24) is 19.7 Å². The highest BCUT2D eigenvalue weighted by Crippen LogP contribution is 2.47. The van der Waals surface area contributed by atoms with E-state index in [-0.39, 0.29) is 36.5 Å². The third-order valence-electron chi connectivity index (χ3n) is 9.06. The van der Waals surface area contributed by atoms with E-state index in [9.17, 15) is 9.18 Å². The van der Waals surface area contributed by atoms with Crippen LogP contribution in [-0.2, 0) is 16.6 Å². The van der Waals surface area contributed by atoms with E-state index in [1.807, 2.05) is 43.6 Å². The van der Waals surface area contributed by atoms with Crippen molar-refractivity contribution >= 4 is 51.3 Å². The second-order valence-corrected chi connectivity index (χ2v) is 13.2. The normalized spacial score (nSPS) is 17.9. The number of carbonyl (C=O) groups excluding carboxylic acids is 1. The lowest BCUT2D eigenvalue weighted by atomic mass is 9.87. The number of thiophene rings is 1. The van der Waals surface area contributed by atoms with Crippen molar-refractivity contribution in [1.29, 1.82) is 0 Å². The van der Waals surface area contributed by atoms with Crippen LogP contribution in [0.5, 0.6) is 5.75 Å². The lowest BCUT2D eigenvalue weighted by Crippen LogP contribution is -2.46. The van der Waals surface area contributed by atoms with E-state index < -0.39 is 17.6 Å².